The highest BCUT2D eigenvalue weighted by Crippen LogP contribution is 2.15. The molecule has 0 aromatic carbocycles. The third-order valence-electron chi connectivity index (χ3n) is 11.2. The van der Waals surface area contributed by atoms with E-state index in [2.05, 4.69) is 31.3 Å². The van der Waals surface area contributed by atoms with Gasteiger partial charge in [0.05, 0.1) is 25.4 Å². The van der Waals surface area contributed by atoms with Crippen molar-refractivity contribution in [3.05, 3.63) is 24.3 Å². The van der Waals surface area contributed by atoms with Gasteiger partial charge in [0.25, 0.3) is 0 Å². The second kappa shape index (κ2) is 46.0. The SMILES string of the molecule is CCCCCCCCC/C=C\CCCCCCCC(=O)OCCCCCCCCCCCCCC(=O)NC(CO)C(O)/C=C/CCCCCCCCCCCC. The molecule has 0 aliphatic rings. The van der Waals surface area contributed by atoms with Gasteiger partial charge >= 0.3 is 5.97 Å². The van der Waals surface area contributed by atoms with Crippen molar-refractivity contribution in [3.8, 4) is 0 Å². The first-order chi connectivity index (χ1) is 27.5. The van der Waals surface area contributed by atoms with Crippen molar-refractivity contribution in [1.82, 2.24) is 5.32 Å². The summed E-state index contributed by atoms with van der Waals surface area (Å²) >= 11 is 0. The minimum absolute atomic E-state index is 0.0234. The van der Waals surface area contributed by atoms with Crippen molar-refractivity contribution in [3.63, 3.8) is 0 Å². The van der Waals surface area contributed by atoms with E-state index < -0.39 is 12.1 Å². The minimum atomic E-state index is -0.855. The first kappa shape index (κ1) is 54.3. The molecule has 3 N–H and O–H groups in total. The van der Waals surface area contributed by atoms with Crippen LogP contribution in [0.1, 0.15) is 258 Å². The van der Waals surface area contributed by atoms with E-state index in [9.17, 15) is 19.8 Å². The van der Waals surface area contributed by atoms with Crippen molar-refractivity contribution in [2.75, 3.05) is 13.2 Å². The molecule has 56 heavy (non-hydrogen) atoms. The fourth-order valence-electron chi connectivity index (χ4n) is 7.39. The zero-order valence-electron chi connectivity index (χ0n) is 37.4. The molecule has 0 rings (SSSR count). The summed E-state index contributed by atoms with van der Waals surface area (Å²) < 4.78 is 5.45. The Balaban J connectivity index is 3.49. The van der Waals surface area contributed by atoms with Crippen LogP contribution in [-0.4, -0.2) is 47.4 Å². The molecule has 1 amide bonds. The molecule has 0 saturated carbocycles. The van der Waals surface area contributed by atoms with Gasteiger partial charge in [0.1, 0.15) is 0 Å². The summed E-state index contributed by atoms with van der Waals surface area (Å²) in [5, 5.41) is 23.0. The highest BCUT2D eigenvalue weighted by atomic mass is 16.5. The van der Waals surface area contributed by atoms with Crippen molar-refractivity contribution >= 4 is 11.9 Å². The van der Waals surface area contributed by atoms with Gasteiger partial charge in [0.15, 0.2) is 0 Å². The summed E-state index contributed by atoms with van der Waals surface area (Å²) in [4.78, 5) is 24.4. The van der Waals surface area contributed by atoms with Crippen LogP contribution in [0.5, 0.6) is 0 Å². The molecular formula is C50H95NO5. The molecule has 0 spiro atoms. The predicted octanol–water partition coefficient (Wildman–Crippen LogP) is 14.3. The van der Waals surface area contributed by atoms with Crippen LogP contribution in [0.15, 0.2) is 24.3 Å². The number of carbonyl (C=O) groups is 2. The van der Waals surface area contributed by atoms with Gasteiger partial charge in [-0.05, 0) is 57.8 Å². The normalized spacial score (nSPS) is 12.9. The van der Waals surface area contributed by atoms with Gasteiger partial charge in [-0.2, -0.15) is 0 Å². The Kier molecular flexibility index (Phi) is 44.7. The zero-order chi connectivity index (χ0) is 40.8. The number of allylic oxidation sites excluding steroid dienone is 3. The number of aliphatic hydroxyl groups excluding tert-OH is 2. The van der Waals surface area contributed by atoms with Crippen molar-refractivity contribution in [1.29, 1.82) is 0 Å². The summed E-state index contributed by atoms with van der Waals surface area (Å²) in [6.07, 6.45) is 53.1. The van der Waals surface area contributed by atoms with Gasteiger partial charge in [-0.25, -0.2) is 0 Å². The van der Waals surface area contributed by atoms with E-state index in [1.165, 1.54) is 173 Å². The van der Waals surface area contributed by atoms with Gasteiger partial charge < -0.3 is 20.3 Å². The van der Waals surface area contributed by atoms with Gasteiger partial charge in [-0.1, -0.05) is 212 Å². The number of esters is 1. The Bertz CT molecular complexity index is 874. The van der Waals surface area contributed by atoms with E-state index in [1.807, 2.05) is 6.08 Å². The van der Waals surface area contributed by atoms with Crippen molar-refractivity contribution in [2.45, 2.75) is 270 Å². The van der Waals surface area contributed by atoms with E-state index in [0.29, 0.717) is 19.4 Å². The van der Waals surface area contributed by atoms with E-state index in [1.54, 1.807) is 6.08 Å². The molecule has 0 aromatic rings. The van der Waals surface area contributed by atoms with E-state index in [4.69, 9.17) is 4.74 Å². The number of ether oxygens (including phenoxy) is 1. The Labute approximate surface area is 348 Å². The Hall–Kier alpha value is -1.66. The van der Waals surface area contributed by atoms with Gasteiger partial charge in [-0.15, -0.1) is 0 Å². The van der Waals surface area contributed by atoms with Crippen LogP contribution >= 0.6 is 0 Å². The highest BCUT2D eigenvalue weighted by Gasteiger charge is 2.18. The lowest BCUT2D eigenvalue weighted by atomic mass is 10.0. The first-order valence-corrected chi connectivity index (χ1v) is 24.6. The van der Waals surface area contributed by atoms with E-state index in [-0.39, 0.29) is 18.5 Å². The zero-order valence-corrected chi connectivity index (χ0v) is 37.4. The molecule has 330 valence electrons. The van der Waals surface area contributed by atoms with Gasteiger partial charge in [-0.3, -0.25) is 9.59 Å². The third kappa shape index (κ3) is 42.0. The average molecular weight is 790 g/mol. The lowest BCUT2D eigenvalue weighted by Crippen LogP contribution is -2.45. The maximum atomic E-state index is 12.4. The summed E-state index contributed by atoms with van der Waals surface area (Å²) in [6, 6.07) is -0.640. The molecule has 0 saturated heterocycles. The molecule has 0 fully saturated rings. The minimum Gasteiger partial charge on any atom is -0.466 e. The van der Waals surface area contributed by atoms with Crippen LogP contribution < -0.4 is 5.32 Å². The number of nitrogens with one attached hydrogen (secondary N) is 1. The van der Waals surface area contributed by atoms with Crippen LogP contribution in [0.25, 0.3) is 0 Å². The largest absolute Gasteiger partial charge is 0.466 e. The van der Waals surface area contributed by atoms with Crippen molar-refractivity contribution < 1.29 is 24.5 Å². The second-order valence-corrected chi connectivity index (χ2v) is 16.8. The van der Waals surface area contributed by atoms with Gasteiger partial charge in [0.2, 0.25) is 5.91 Å². The van der Waals surface area contributed by atoms with E-state index in [0.717, 1.165) is 57.8 Å². The molecule has 0 aromatic heterocycles. The van der Waals surface area contributed by atoms with Crippen LogP contribution in [-0.2, 0) is 14.3 Å². The smallest absolute Gasteiger partial charge is 0.305 e. The second-order valence-electron chi connectivity index (χ2n) is 16.8. The monoisotopic (exact) mass is 790 g/mol. The molecule has 2 atom stereocenters. The summed E-state index contributed by atoms with van der Waals surface area (Å²) in [7, 11) is 0. The average Bonchev–Trinajstić information content (AvgIpc) is 3.20. The van der Waals surface area contributed by atoms with Crippen molar-refractivity contribution in [2.24, 2.45) is 0 Å². The van der Waals surface area contributed by atoms with Crippen LogP contribution in [0.2, 0.25) is 0 Å². The molecule has 0 aliphatic carbocycles. The third-order valence-corrected chi connectivity index (χ3v) is 11.2. The highest BCUT2D eigenvalue weighted by molar-refractivity contribution is 5.76. The number of hydrogen-bond acceptors (Lipinski definition) is 5. The maximum Gasteiger partial charge on any atom is 0.305 e. The van der Waals surface area contributed by atoms with Crippen LogP contribution in [0.4, 0.5) is 0 Å². The lowest BCUT2D eigenvalue weighted by Gasteiger charge is -2.20. The number of rotatable bonds is 45. The standard InChI is InChI=1S/C50H95NO5/c1-3-5-7-9-11-13-15-17-18-19-20-24-28-32-36-40-44-50(55)56-45-41-37-33-29-25-21-23-27-31-35-39-43-49(54)51-47(46-52)48(53)42-38-34-30-26-22-16-14-12-10-8-6-4-2/h18-19,38,42,47-48,52-53H,3-17,20-37,39-41,43-46H2,1-2H3,(H,51,54)/b19-18-,42-38+. The molecule has 6 heteroatoms. The van der Waals surface area contributed by atoms with Gasteiger partial charge in [0, 0.05) is 12.8 Å². The number of amides is 1. The molecule has 0 bridgehead atoms. The molecule has 0 radical (unpaired) electrons. The summed E-state index contributed by atoms with van der Waals surface area (Å²) in [5.41, 5.74) is 0. The van der Waals surface area contributed by atoms with Crippen LogP contribution in [0, 0.1) is 0 Å². The topological polar surface area (TPSA) is 95.9 Å². The predicted molar refractivity (Wildman–Crippen MR) is 241 cm³/mol. The molecule has 0 heterocycles. The Morgan fingerprint density at radius 3 is 1.27 bits per heavy atom. The molecule has 6 nitrogen and oxygen atoms in total. The molecule has 2 unspecified atom stereocenters. The Morgan fingerprint density at radius 1 is 0.482 bits per heavy atom. The lowest BCUT2D eigenvalue weighted by molar-refractivity contribution is -0.143. The first-order valence-electron chi connectivity index (χ1n) is 24.6. The quantitative estimate of drug-likeness (QED) is 0.0324. The maximum absolute atomic E-state index is 12.4. The molecule has 0 aliphatic heterocycles. The number of unbranched alkanes of at least 4 members (excludes halogenated alkanes) is 32. The number of carbonyl (C=O) groups excluding carboxylic acids is 2. The Morgan fingerprint density at radius 2 is 0.839 bits per heavy atom. The molecular weight excluding hydrogens is 695 g/mol. The summed E-state index contributed by atoms with van der Waals surface area (Å²) in [6.45, 7) is 4.84. The number of hydrogen-bond donors (Lipinski definition) is 3. The summed E-state index contributed by atoms with van der Waals surface area (Å²) in [5.74, 6) is -0.112. The van der Waals surface area contributed by atoms with E-state index >= 15 is 0 Å². The fraction of sp³-hybridized carbons (Fsp3) is 0.880. The van der Waals surface area contributed by atoms with Crippen LogP contribution in [0.3, 0.4) is 0 Å². The fourth-order valence-corrected chi connectivity index (χ4v) is 7.39. The number of aliphatic hydroxyl groups is 2.